The van der Waals surface area contributed by atoms with Crippen LogP contribution in [-0.2, 0) is 6.54 Å². The van der Waals surface area contributed by atoms with Crippen LogP contribution in [0, 0.1) is 0 Å². The third kappa shape index (κ3) is 5.10. The molecule has 0 spiro atoms. The Morgan fingerprint density at radius 3 is 2.64 bits per heavy atom. The number of piperazine rings is 1. The van der Waals surface area contributed by atoms with Crippen molar-refractivity contribution in [2.24, 2.45) is 0 Å². The molecule has 1 aromatic heterocycles. The van der Waals surface area contributed by atoms with Gasteiger partial charge in [0.1, 0.15) is 12.9 Å². The highest BCUT2D eigenvalue weighted by atomic mass is 16.5. The first-order valence-electron chi connectivity index (χ1n) is 9.37. The number of hydrogen-bond acceptors (Lipinski definition) is 6. The average molecular weight is 385 g/mol. The number of aromatic amines is 1. The minimum Gasteiger partial charge on any atom is -0.493 e. The molecule has 150 valence electrons. The smallest absolute Gasteiger partial charge is 0.291 e. The Morgan fingerprint density at radius 2 is 2.00 bits per heavy atom. The van der Waals surface area contributed by atoms with Crippen molar-refractivity contribution in [2.75, 3.05) is 39.9 Å². The van der Waals surface area contributed by atoms with Gasteiger partial charge >= 0.3 is 0 Å². The zero-order chi connectivity index (χ0) is 19.9. The van der Waals surface area contributed by atoms with Crippen molar-refractivity contribution in [3.05, 3.63) is 47.6 Å². The molecule has 0 atom stereocenters. The van der Waals surface area contributed by atoms with E-state index < -0.39 is 0 Å². The molecular weight excluding hydrogens is 358 g/mol. The van der Waals surface area contributed by atoms with Crippen molar-refractivity contribution >= 4 is 5.91 Å². The maximum Gasteiger partial charge on any atom is 0.291 e. The zero-order valence-electron chi connectivity index (χ0n) is 16.6. The number of rotatable bonds is 7. The second-order valence-electron chi connectivity index (χ2n) is 6.98. The van der Waals surface area contributed by atoms with Gasteiger partial charge in [0.05, 0.1) is 7.11 Å². The SMILES string of the molecule is COc1cc(CN2CCN(C(=O)c3ncn[nH]3)CC2)ccc1OCC=C(C)C. The Balaban J connectivity index is 1.54. The summed E-state index contributed by atoms with van der Waals surface area (Å²) in [4.78, 5) is 20.4. The van der Waals surface area contributed by atoms with Crippen molar-refractivity contribution < 1.29 is 14.3 Å². The molecule has 0 bridgehead atoms. The summed E-state index contributed by atoms with van der Waals surface area (Å²) in [7, 11) is 1.65. The summed E-state index contributed by atoms with van der Waals surface area (Å²) in [5.41, 5.74) is 2.37. The minimum absolute atomic E-state index is 0.100. The van der Waals surface area contributed by atoms with Gasteiger partial charge in [-0.2, -0.15) is 5.10 Å². The molecule has 0 radical (unpaired) electrons. The molecule has 1 aliphatic rings. The highest BCUT2D eigenvalue weighted by Gasteiger charge is 2.24. The van der Waals surface area contributed by atoms with Gasteiger partial charge in [0.25, 0.3) is 5.91 Å². The Bertz CT molecular complexity index is 807. The molecule has 0 saturated carbocycles. The predicted octanol–water partition coefficient (Wildman–Crippen LogP) is 2.12. The molecule has 1 aromatic carbocycles. The van der Waals surface area contributed by atoms with E-state index >= 15 is 0 Å². The molecule has 1 saturated heterocycles. The molecular formula is C20H27N5O3. The van der Waals surface area contributed by atoms with Crippen LogP contribution in [0.3, 0.4) is 0 Å². The molecule has 1 aliphatic heterocycles. The fourth-order valence-electron chi connectivity index (χ4n) is 3.05. The average Bonchev–Trinajstić information content (AvgIpc) is 3.23. The molecule has 2 aromatic rings. The lowest BCUT2D eigenvalue weighted by atomic mass is 10.1. The Kier molecular flexibility index (Phi) is 6.65. The van der Waals surface area contributed by atoms with Gasteiger partial charge in [-0.25, -0.2) is 4.98 Å². The summed E-state index contributed by atoms with van der Waals surface area (Å²) in [6.07, 6.45) is 3.39. The fraction of sp³-hybridized carbons (Fsp3) is 0.450. The van der Waals surface area contributed by atoms with Gasteiger partial charge in [-0.1, -0.05) is 11.6 Å². The van der Waals surface area contributed by atoms with Gasteiger partial charge in [0.15, 0.2) is 11.5 Å². The number of benzene rings is 1. The Morgan fingerprint density at radius 1 is 1.21 bits per heavy atom. The molecule has 0 aliphatic carbocycles. The number of carbonyl (C=O) groups excluding carboxylic acids is 1. The lowest BCUT2D eigenvalue weighted by Crippen LogP contribution is -2.48. The van der Waals surface area contributed by atoms with E-state index in [1.165, 1.54) is 11.9 Å². The standard InChI is InChI=1S/C20H27N5O3/c1-15(2)6-11-28-17-5-4-16(12-18(17)27-3)13-24-7-9-25(10-8-24)20(26)19-21-14-22-23-19/h4-6,12,14H,7-11,13H2,1-3H3,(H,21,22,23). The minimum atomic E-state index is -0.100. The molecule has 3 rings (SSSR count). The second-order valence-corrected chi connectivity index (χ2v) is 6.98. The number of allylic oxidation sites excluding steroid dienone is 1. The maximum absolute atomic E-state index is 12.3. The first-order valence-corrected chi connectivity index (χ1v) is 9.37. The van der Waals surface area contributed by atoms with Gasteiger partial charge in [-0.15, -0.1) is 0 Å². The first kappa shape index (κ1) is 19.9. The van der Waals surface area contributed by atoms with Crippen LogP contribution in [0.15, 0.2) is 36.2 Å². The van der Waals surface area contributed by atoms with Crippen LogP contribution in [-0.4, -0.2) is 70.8 Å². The van der Waals surface area contributed by atoms with E-state index in [0.29, 0.717) is 25.5 Å². The quantitative estimate of drug-likeness (QED) is 0.735. The Hall–Kier alpha value is -2.87. The van der Waals surface area contributed by atoms with E-state index in [4.69, 9.17) is 9.47 Å². The number of amides is 1. The van der Waals surface area contributed by atoms with E-state index in [1.807, 2.05) is 32.1 Å². The predicted molar refractivity (Wildman–Crippen MR) is 105 cm³/mol. The highest BCUT2D eigenvalue weighted by Crippen LogP contribution is 2.28. The number of hydrogen-bond donors (Lipinski definition) is 1. The summed E-state index contributed by atoms with van der Waals surface area (Å²) >= 11 is 0. The maximum atomic E-state index is 12.3. The summed E-state index contributed by atoms with van der Waals surface area (Å²) in [5.74, 6) is 1.67. The van der Waals surface area contributed by atoms with Crippen molar-refractivity contribution in [2.45, 2.75) is 20.4 Å². The van der Waals surface area contributed by atoms with Crippen LogP contribution in [0.1, 0.15) is 30.0 Å². The van der Waals surface area contributed by atoms with E-state index in [-0.39, 0.29) is 5.91 Å². The van der Waals surface area contributed by atoms with Gasteiger partial charge in [0, 0.05) is 32.7 Å². The van der Waals surface area contributed by atoms with Crippen molar-refractivity contribution in [1.29, 1.82) is 0 Å². The zero-order valence-corrected chi connectivity index (χ0v) is 16.6. The number of methoxy groups -OCH3 is 1. The molecule has 2 heterocycles. The van der Waals surface area contributed by atoms with E-state index in [9.17, 15) is 4.79 Å². The number of nitrogens with one attached hydrogen (secondary N) is 1. The summed E-state index contributed by atoms with van der Waals surface area (Å²) < 4.78 is 11.3. The monoisotopic (exact) mass is 385 g/mol. The van der Waals surface area contributed by atoms with Gasteiger partial charge in [0.2, 0.25) is 5.82 Å². The van der Waals surface area contributed by atoms with Crippen LogP contribution in [0.2, 0.25) is 0 Å². The summed E-state index contributed by atoms with van der Waals surface area (Å²) in [6, 6.07) is 6.03. The molecule has 28 heavy (non-hydrogen) atoms. The number of carbonyl (C=O) groups is 1. The van der Waals surface area contributed by atoms with Gasteiger partial charge in [-0.3, -0.25) is 14.8 Å². The topological polar surface area (TPSA) is 83.6 Å². The van der Waals surface area contributed by atoms with Gasteiger partial charge in [-0.05, 0) is 37.6 Å². The molecule has 8 heteroatoms. The number of ether oxygens (including phenoxy) is 2. The number of aromatic nitrogens is 3. The van der Waals surface area contributed by atoms with Crippen LogP contribution in [0.4, 0.5) is 0 Å². The van der Waals surface area contributed by atoms with Crippen LogP contribution in [0.25, 0.3) is 0 Å². The first-order chi connectivity index (χ1) is 13.6. The van der Waals surface area contributed by atoms with E-state index in [2.05, 4.69) is 26.1 Å². The normalized spacial score (nSPS) is 14.6. The van der Waals surface area contributed by atoms with Gasteiger partial charge < -0.3 is 14.4 Å². The number of nitrogens with zero attached hydrogens (tertiary/aromatic N) is 4. The Labute approximate surface area is 165 Å². The summed E-state index contributed by atoms with van der Waals surface area (Å²) in [6.45, 7) is 8.36. The highest BCUT2D eigenvalue weighted by molar-refractivity contribution is 5.90. The fourth-order valence-corrected chi connectivity index (χ4v) is 3.05. The van der Waals surface area contributed by atoms with Crippen molar-refractivity contribution in [3.8, 4) is 11.5 Å². The molecule has 1 N–H and O–H groups in total. The second kappa shape index (κ2) is 9.36. The number of H-pyrrole nitrogens is 1. The molecule has 1 fully saturated rings. The van der Waals surface area contributed by atoms with Crippen molar-refractivity contribution in [1.82, 2.24) is 25.0 Å². The van der Waals surface area contributed by atoms with Crippen molar-refractivity contribution in [3.63, 3.8) is 0 Å². The van der Waals surface area contributed by atoms with Crippen LogP contribution in [0.5, 0.6) is 11.5 Å². The van der Waals surface area contributed by atoms with Crippen LogP contribution < -0.4 is 9.47 Å². The summed E-state index contributed by atoms with van der Waals surface area (Å²) in [5, 5.41) is 6.37. The molecule has 8 nitrogen and oxygen atoms in total. The van der Waals surface area contributed by atoms with Crippen LogP contribution >= 0.6 is 0 Å². The third-order valence-corrected chi connectivity index (χ3v) is 4.64. The van der Waals surface area contributed by atoms with E-state index in [1.54, 1.807) is 12.0 Å². The molecule has 0 unspecified atom stereocenters. The van der Waals surface area contributed by atoms with E-state index in [0.717, 1.165) is 36.7 Å². The lowest BCUT2D eigenvalue weighted by molar-refractivity contribution is 0.0617. The largest absolute Gasteiger partial charge is 0.493 e. The third-order valence-electron chi connectivity index (χ3n) is 4.64. The lowest BCUT2D eigenvalue weighted by Gasteiger charge is -2.34. The molecule has 1 amide bonds.